The van der Waals surface area contributed by atoms with Gasteiger partial charge in [0.25, 0.3) is 11.8 Å². The predicted molar refractivity (Wildman–Crippen MR) is 114 cm³/mol. The Bertz CT molecular complexity index is 826. The summed E-state index contributed by atoms with van der Waals surface area (Å²) in [6.07, 6.45) is 4.21. The summed E-state index contributed by atoms with van der Waals surface area (Å²) in [4.78, 5) is 28.2. The Labute approximate surface area is 172 Å². The van der Waals surface area contributed by atoms with E-state index in [1.165, 1.54) is 10.6 Å². The maximum atomic E-state index is 12.4. The molecular weight excluding hydrogens is 366 g/mol. The Kier molecular flexibility index (Phi) is 6.93. The van der Waals surface area contributed by atoms with Gasteiger partial charge in [0.2, 0.25) is 0 Å². The second-order valence-electron chi connectivity index (χ2n) is 7.55. The average molecular weight is 399 g/mol. The van der Waals surface area contributed by atoms with Crippen LogP contribution in [0.3, 0.4) is 0 Å². The Morgan fingerprint density at radius 2 is 1.86 bits per heavy atom. The van der Waals surface area contributed by atoms with E-state index in [4.69, 9.17) is 0 Å². The van der Waals surface area contributed by atoms with Gasteiger partial charge in [0.05, 0.1) is 12.2 Å². The second kappa shape index (κ2) is 9.60. The Morgan fingerprint density at radius 1 is 1.14 bits per heavy atom. The van der Waals surface area contributed by atoms with Crippen molar-refractivity contribution in [3.63, 3.8) is 0 Å². The lowest BCUT2D eigenvalue weighted by Gasteiger charge is -2.22. The first-order chi connectivity index (χ1) is 14.0. The minimum atomic E-state index is -0.306. The van der Waals surface area contributed by atoms with Crippen molar-refractivity contribution in [1.82, 2.24) is 15.4 Å². The maximum absolute atomic E-state index is 12.4. The van der Waals surface area contributed by atoms with Gasteiger partial charge in [-0.05, 0) is 50.2 Å². The molecule has 1 saturated heterocycles. The van der Waals surface area contributed by atoms with E-state index in [0.717, 1.165) is 38.2 Å². The van der Waals surface area contributed by atoms with E-state index in [9.17, 15) is 9.59 Å². The Morgan fingerprint density at radius 3 is 2.48 bits per heavy atom. The van der Waals surface area contributed by atoms with Crippen molar-refractivity contribution in [1.29, 1.82) is 0 Å². The molecule has 156 valence electrons. The maximum Gasteiger partial charge on any atom is 0.293 e. The smallest absolute Gasteiger partial charge is 0.293 e. The van der Waals surface area contributed by atoms with Crippen molar-refractivity contribution in [3.8, 4) is 0 Å². The molecule has 1 unspecified atom stereocenters. The van der Waals surface area contributed by atoms with Crippen LogP contribution in [0.5, 0.6) is 0 Å². The average Bonchev–Trinajstić information content (AvgIpc) is 3.36. The van der Waals surface area contributed by atoms with E-state index in [1.807, 2.05) is 31.4 Å². The first kappa shape index (κ1) is 20.9. The molecule has 0 saturated carbocycles. The van der Waals surface area contributed by atoms with Crippen molar-refractivity contribution in [2.75, 3.05) is 31.1 Å². The minimum Gasteiger partial charge on any atom is -0.372 e. The molecular formula is C22H32N5O2+. The number of carbonyl (C=O) groups is 2. The van der Waals surface area contributed by atoms with E-state index >= 15 is 0 Å². The molecule has 0 spiro atoms. The molecule has 1 aliphatic heterocycles. The van der Waals surface area contributed by atoms with Gasteiger partial charge in [-0.25, -0.2) is 0 Å². The number of amides is 2. The Hall–Kier alpha value is -2.80. The van der Waals surface area contributed by atoms with E-state index in [1.54, 1.807) is 12.1 Å². The van der Waals surface area contributed by atoms with Gasteiger partial charge in [0, 0.05) is 50.4 Å². The summed E-state index contributed by atoms with van der Waals surface area (Å²) < 4.78 is 2.12. The molecule has 3 rings (SSSR count). The predicted octanol–water partition coefficient (Wildman–Crippen LogP) is 1.05. The summed E-state index contributed by atoms with van der Waals surface area (Å²) in [6.45, 7) is 7.34. The summed E-state index contributed by atoms with van der Waals surface area (Å²) in [5.74, 6) is -0.478. The van der Waals surface area contributed by atoms with Gasteiger partial charge < -0.3 is 14.4 Å². The second-order valence-corrected chi connectivity index (χ2v) is 7.55. The molecule has 1 aromatic heterocycles. The lowest BCUT2D eigenvalue weighted by atomic mass is 10.1. The zero-order chi connectivity index (χ0) is 20.8. The van der Waals surface area contributed by atoms with Crippen LogP contribution < -0.4 is 20.7 Å². The third-order valence-corrected chi connectivity index (χ3v) is 5.79. The van der Waals surface area contributed by atoms with Crippen molar-refractivity contribution < 1.29 is 14.5 Å². The van der Waals surface area contributed by atoms with Gasteiger partial charge in [0.1, 0.15) is 6.04 Å². The van der Waals surface area contributed by atoms with Crippen LogP contribution in [0.1, 0.15) is 48.8 Å². The summed E-state index contributed by atoms with van der Waals surface area (Å²) >= 11 is 0. The van der Waals surface area contributed by atoms with Crippen LogP contribution >= 0.6 is 0 Å². The van der Waals surface area contributed by atoms with Crippen LogP contribution in [0.2, 0.25) is 0 Å². The highest BCUT2D eigenvalue weighted by molar-refractivity contribution is 5.95. The van der Waals surface area contributed by atoms with Crippen molar-refractivity contribution in [2.45, 2.75) is 32.7 Å². The van der Waals surface area contributed by atoms with E-state index in [0.29, 0.717) is 18.2 Å². The van der Waals surface area contributed by atoms with Crippen molar-refractivity contribution in [3.05, 3.63) is 53.9 Å². The van der Waals surface area contributed by atoms with Gasteiger partial charge in [-0.3, -0.25) is 20.4 Å². The standard InChI is InChI=1S/C22H31N5O2/c1-4-26(5-2)18-12-10-17(11-13-18)22(29)24-23-21(28)16-27-15-7-9-20(27)19-8-6-14-25(19)3/h6,8,10-14,20H,4-5,7,9,15-16H2,1-3H3,(H,23,28)(H,24,29)/p+1/t20-/m0/s1. The molecule has 2 heterocycles. The molecule has 2 aromatic rings. The quantitative estimate of drug-likeness (QED) is 0.611. The number of aromatic nitrogens is 1. The molecule has 3 N–H and O–H groups in total. The number of quaternary nitrogens is 1. The van der Waals surface area contributed by atoms with Crippen LogP contribution in [-0.2, 0) is 11.8 Å². The number of rotatable bonds is 7. The van der Waals surface area contributed by atoms with Crippen LogP contribution in [0, 0.1) is 0 Å². The van der Waals surface area contributed by atoms with E-state index in [2.05, 4.69) is 40.2 Å². The zero-order valence-electron chi connectivity index (χ0n) is 17.6. The number of hydrogen-bond acceptors (Lipinski definition) is 3. The number of aryl methyl sites for hydroxylation is 1. The molecule has 1 fully saturated rings. The molecule has 1 aromatic carbocycles. The third-order valence-electron chi connectivity index (χ3n) is 5.79. The number of benzene rings is 1. The molecule has 0 aliphatic carbocycles. The van der Waals surface area contributed by atoms with Crippen molar-refractivity contribution in [2.24, 2.45) is 7.05 Å². The normalized spacial score (nSPS) is 18.4. The van der Waals surface area contributed by atoms with Gasteiger partial charge in [0.15, 0.2) is 6.54 Å². The fourth-order valence-corrected chi connectivity index (χ4v) is 4.18. The lowest BCUT2D eigenvalue weighted by Crippen LogP contribution is -3.11. The largest absolute Gasteiger partial charge is 0.372 e. The molecule has 7 nitrogen and oxygen atoms in total. The number of hydrazine groups is 1. The number of carbonyl (C=O) groups excluding carboxylic acids is 2. The van der Waals surface area contributed by atoms with Gasteiger partial charge in [-0.1, -0.05) is 0 Å². The molecule has 7 heteroatoms. The van der Waals surface area contributed by atoms with Gasteiger partial charge in [-0.2, -0.15) is 0 Å². The minimum absolute atomic E-state index is 0.172. The van der Waals surface area contributed by atoms with Crippen LogP contribution in [0.15, 0.2) is 42.6 Å². The summed E-state index contributed by atoms with van der Waals surface area (Å²) in [5.41, 5.74) is 7.97. The summed E-state index contributed by atoms with van der Waals surface area (Å²) in [7, 11) is 2.04. The third kappa shape index (κ3) is 4.98. The molecule has 1 aliphatic rings. The fraction of sp³-hybridized carbons (Fsp3) is 0.455. The van der Waals surface area contributed by atoms with Gasteiger partial charge >= 0.3 is 0 Å². The van der Waals surface area contributed by atoms with Crippen LogP contribution in [0.4, 0.5) is 5.69 Å². The van der Waals surface area contributed by atoms with Crippen LogP contribution in [-0.4, -0.2) is 42.6 Å². The molecule has 29 heavy (non-hydrogen) atoms. The fourth-order valence-electron chi connectivity index (χ4n) is 4.18. The highest BCUT2D eigenvalue weighted by atomic mass is 16.2. The summed E-state index contributed by atoms with van der Waals surface area (Å²) in [5, 5.41) is 0. The number of likely N-dealkylation sites (tertiary alicyclic amines) is 1. The summed E-state index contributed by atoms with van der Waals surface area (Å²) in [6, 6.07) is 11.9. The van der Waals surface area contributed by atoms with E-state index < -0.39 is 0 Å². The molecule has 2 atom stereocenters. The molecule has 0 radical (unpaired) electrons. The highest BCUT2D eigenvalue weighted by Crippen LogP contribution is 2.18. The topological polar surface area (TPSA) is 70.8 Å². The first-order valence-electron chi connectivity index (χ1n) is 10.4. The number of anilines is 1. The zero-order valence-corrected chi connectivity index (χ0v) is 17.6. The monoisotopic (exact) mass is 398 g/mol. The number of nitrogens with one attached hydrogen (secondary N) is 3. The number of hydrogen-bond donors (Lipinski definition) is 3. The molecule has 0 bridgehead atoms. The number of nitrogens with zero attached hydrogens (tertiary/aromatic N) is 2. The SMILES string of the molecule is CCN(CC)c1ccc(C(=O)NNC(=O)C[NH+]2CCC[C@H]2c2cccn2C)cc1. The van der Waals surface area contributed by atoms with Gasteiger partial charge in [-0.15, -0.1) is 0 Å². The van der Waals surface area contributed by atoms with E-state index in [-0.39, 0.29) is 11.8 Å². The van der Waals surface area contributed by atoms with Crippen LogP contribution in [0.25, 0.3) is 0 Å². The Balaban J connectivity index is 1.51. The first-order valence-corrected chi connectivity index (χ1v) is 10.4. The lowest BCUT2D eigenvalue weighted by molar-refractivity contribution is -0.911. The molecule has 2 amide bonds. The van der Waals surface area contributed by atoms with Crippen molar-refractivity contribution >= 4 is 17.5 Å². The highest BCUT2D eigenvalue weighted by Gasteiger charge is 2.33.